The highest BCUT2D eigenvalue weighted by atomic mass is 35.5. The Hall–Kier alpha value is -1.47. The van der Waals surface area contributed by atoms with Crippen molar-refractivity contribution in [2.75, 3.05) is 5.32 Å². The lowest BCUT2D eigenvalue weighted by molar-refractivity contribution is -0.274. The van der Waals surface area contributed by atoms with Crippen molar-refractivity contribution in [3.8, 4) is 5.75 Å². The Kier molecular flexibility index (Phi) is 7.38. The maximum atomic E-state index is 12.0. The van der Waals surface area contributed by atoms with Crippen LogP contribution in [0.4, 0.5) is 18.9 Å². The zero-order valence-electron chi connectivity index (χ0n) is 10.7. The maximum absolute atomic E-state index is 12.0. The van der Waals surface area contributed by atoms with Gasteiger partial charge in [0.2, 0.25) is 5.91 Å². The number of amides is 1. The van der Waals surface area contributed by atoms with Gasteiger partial charge in [-0.05, 0) is 25.5 Å². The third-order valence-corrected chi connectivity index (χ3v) is 2.18. The van der Waals surface area contributed by atoms with Crippen molar-refractivity contribution in [3.63, 3.8) is 0 Å². The smallest absolute Gasteiger partial charge is 0.406 e. The molecular formula is C12H16ClF3N2O2. The molecule has 0 aromatic heterocycles. The molecule has 20 heavy (non-hydrogen) atoms. The summed E-state index contributed by atoms with van der Waals surface area (Å²) < 4.78 is 39.8. The maximum Gasteiger partial charge on any atom is 0.573 e. The molecule has 0 aliphatic carbocycles. The monoisotopic (exact) mass is 312 g/mol. The fraction of sp³-hybridized carbons (Fsp3) is 0.417. The molecule has 1 aromatic carbocycles. The van der Waals surface area contributed by atoms with Crippen molar-refractivity contribution >= 4 is 24.0 Å². The summed E-state index contributed by atoms with van der Waals surface area (Å²) in [6.07, 6.45) is -4.04. The Morgan fingerprint density at radius 1 is 1.45 bits per heavy atom. The minimum absolute atomic E-state index is 0. The van der Waals surface area contributed by atoms with Crippen LogP contribution >= 0.6 is 12.4 Å². The van der Waals surface area contributed by atoms with Crippen LogP contribution < -0.4 is 15.8 Å². The lowest BCUT2D eigenvalue weighted by Crippen LogP contribution is -2.20. The number of nitrogens with two attached hydrogens (primary N) is 1. The number of nitrogens with one attached hydrogen (secondary N) is 1. The zero-order chi connectivity index (χ0) is 14.5. The Morgan fingerprint density at radius 2 is 2.10 bits per heavy atom. The number of hydrogen-bond acceptors (Lipinski definition) is 3. The molecule has 0 aliphatic rings. The van der Waals surface area contributed by atoms with Crippen LogP contribution in [0, 0.1) is 0 Å². The number of alkyl halides is 3. The molecule has 0 heterocycles. The van der Waals surface area contributed by atoms with Gasteiger partial charge in [0.05, 0.1) is 0 Å². The average molecular weight is 313 g/mol. The summed E-state index contributed by atoms with van der Waals surface area (Å²) in [6, 6.07) is 5.00. The van der Waals surface area contributed by atoms with E-state index >= 15 is 0 Å². The van der Waals surface area contributed by atoms with Gasteiger partial charge >= 0.3 is 6.36 Å². The normalized spacial score (nSPS) is 12.2. The summed E-state index contributed by atoms with van der Waals surface area (Å²) in [6.45, 7) is 1.77. The number of hydrogen-bond donors (Lipinski definition) is 2. The lowest BCUT2D eigenvalue weighted by atomic mass is 10.2. The van der Waals surface area contributed by atoms with Crippen LogP contribution in [0.1, 0.15) is 19.8 Å². The summed E-state index contributed by atoms with van der Waals surface area (Å²) in [5.41, 5.74) is 5.75. The Bertz CT molecular complexity index is 439. The quantitative estimate of drug-likeness (QED) is 0.878. The van der Waals surface area contributed by atoms with E-state index in [1.807, 2.05) is 0 Å². The second kappa shape index (κ2) is 7.96. The Morgan fingerprint density at radius 3 is 2.65 bits per heavy atom. The zero-order valence-corrected chi connectivity index (χ0v) is 11.6. The van der Waals surface area contributed by atoms with E-state index < -0.39 is 6.36 Å². The van der Waals surface area contributed by atoms with Crippen LogP contribution in [0.2, 0.25) is 0 Å². The molecule has 1 atom stereocenters. The van der Waals surface area contributed by atoms with Crippen LogP contribution in [-0.4, -0.2) is 18.3 Å². The molecule has 0 saturated carbocycles. The lowest BCUT2D eigenvalue weighted by Gasteiger charge is -2.11. The molecule has 1 amide bonds. The van der Waals surface area contributed by atoms with Crippen LogP contribution in [-0.2, 0) is 4.79 Å². The van der Waals surface area contributed by atoms with Gasteiger partial charge in [-0.3, -0.25) is 4.79 Å². The largest absolute Gasteiger partial charge is 0.573 e. The van der Waals surface area contributed by atoms with Crippen molar-refractivity contribution in [1.82, 2.24) is 0 Å². The predicted octanol–water partition coefficient (Wildman–Crippen LogP) is 3.07. The Labute approximate surface area is 120 Å². The number of rotatable bonds is 5. The van der Waals surface area contributed by atoms with Gasteiger partial charge in [0.1, 0.15) is 5.75 Å². The summed E-state index contributed by atoms with van der Waals surface area (Å²) in [4.78, 5) is 11.5. The summed E-state index contributed by atoms with van der Waals surface area (Å²) in [5, 5.41) is 2.48. The van der Waals surface area contributed by atoms with Crippen molar-refractivity contribution in [2.24, 2.45) is 5.73 Å². The van der Waals surface area contributed by atoms with Crippen LogP contribution in [0.15, 0.2) is 24.3 Å². The molecular weight excluding hydrogens is 297 g/mol. The van der Waals surface area contributed by atoms with E-state index in [1.165, 1.54) is 12.1 Å². The highest BCUT2D eigenvalue weighted by Gasteiger charge is 2.31. The van der Waals surface area contributed by atoms with E-state index in [4.69, 9.17) is 5.73 Å². The first-order chi connectivity index (χ1) is 8.76. The molecule has 0 bridgehead atoms. The molecule has 0 aliphatic heterocycles. The molecule has 0 spiro atoms. The predicted molar refractivity (Wildman–Crippen MR) is 71.9 cm³/mol. The van der Waals surface area contributed by atoms with Gasteiger partial charge in [0.15, 0.2) is 0 Å². The van der Waals surface area contributed by atoms with Crippen LogP contribution in [0.25, 0.3) is 0 Å². The Balaban J connectivity index is 0.00000361. The SMILES string of the molecule is CC(N)CCC(=O)Nc1cccc(OC(F)(F)F)c1.Cl. The minimum atomic E-state index is -4.75. The van der Waals surface area contributed by atoms with Gasteiger partial charge in [-0.2, -0.15) is 0 Å². The third kappa shape index (κ3) is 7.85. The number of ether oxygens (including phenoxy) is 1. The number of carbonyl (C=O) groups excluding carboxylic acids is 1. The van der Waals surface area contributed by atoms with Gasteiger partial charge in [0, 0.05) is 24.2 Å². The number of anilines is 1. The summed E-state index contributed by atoms with van der Waals surface area (Å²) in [7, 11) is 0. The molecule has 0 radical (unpaired) electrons. The number of halogens is 4. The van der Waals surface area contributed by atoms with Gasteiger partial charge < -0.3 is 15.8 Å². The first-order valence-electron chi connectivity index (χ1n) is 5.67. The molecule has 4 nitrogen and oxygen atoms in total. The van der Waals surface area contributed by atoms with Gasteiger partial charge in [-0.1, -0.05) is 6.07 Å². The van der Waals surface area contributed by atoms with Crippen molar-refractivity contribution in [1.29, 1.82) is 0 Å². The number of carbonyl (C=O) groups is 1. The molecule has 114 valence electrons. The molecule has 0 fully saturated rings. The van der Waals surface area contributed by atoms with E-state index in [0.717, 1.165) is 12.1 Å². The van der Waals surface area contributed by atoms with E-state index in [2.05, 4.69) is 10.1 Å². The molecule has 8 heteroatoms. The van der Waals surface area contributed by atoms with E-state index in [1.54, 1.807) is 6.92 Å². The van der Waals surface area contributed by atoms with Crippen LogP contribution in [0.3, 0.4) is 0 Å². The van der Waals surface area contributed by atoms with Gasteiger partial charge in [-0.15, -0.1) is 25.6 Å². The van der Waals surface area contributed by atoms with Gasteiger partial charge in [0.25, 0.3) is 0 Å². The standard InChI is InChI=1S/C12H15F3N2O2.ClH/c1-8(16)5-6-11(18)17-9-3-2-4-10(7-9)19-12(13,14)15;/h2-4,7-8H,5-6,16H2,1H3,(H,17,18);1H. The summed E-state index contributed by atoms with van der Waals surface area (Å²) >= 11 is 0. The fourth-order valence-electron chi connectivity index (χ4n) is 1.35. The molecule has 1 aromatic rings. The van der Waals surface area contributed by atoms with E-state index in [0.29, 0.717) is 6.42 Å². The molecule has 1 rings (SSSR count). The summed E-state index contributed by atoms with van der Waals surface area (Å²) in [5.74, 6) is -0.682. The van der Waals surface area contributed by atoms with Crippen LogP contribution in [0.5, 0.6) is 5.75 Å². The average Bonchev–Trinajstić information content (AvgIpc) is 2.24. The first kappa shape index (κ1) is 18.5. The van der Waals surface area contributed by atoms with Crippen molar-refractivity contribution in [3.05, 3.63) is 24.3 Å². The molecule has 3 N–H and O–H groups in total. The fourth-order valence-corrected chi connectivity index (χ4v) is 1.35. The second-order valence-electron chi connectivity index (χ2n) is 4.14. The second-order valence-corrected chi connectivity index (χ2v) is 4.14. The van der Waals surface area contributed by atoms with E-state index in [9.17, 15) is 18.0 Å². The number of benzene rings is 1. The third-order valence-electron chi connectivity index (χ3n) is 2.18. The molecule has 1 unspecified atom stereocenters. The van der Waals surface area contributed by atoms with Gasteiger partial charge in [-0.25, -0.2) is 0 Å². The van der Waals surface area contributed by atoms with Crippen molar-refractivity contribution < 1.29 is 22.7 Å². The highest BCUT2D eigenvalue weighted by Crippen LogP contribution is 2.25. The van der Waals surface area contributed by atoms with E-state index in [-0.39, 0.29) is 42.2 Å². The minimum Gasteiger partial charge on any atom is -0.406 e. The molecule has 0 saturated heterocycles. The first-order valence-corrected chi connectivity index (χ1v) is 5.67. The topological polar surface area (TPSA) is 64.4 Å². The van der Waals surface area contributed by atoms with Crippen molar-refractivity contribution in [2.45, 2.75) is 32.2 Å². The highest BCUT2D eigenvalue weighted by molar-refractivity contribution is 5.90.